The summed E-state index contributed by atoms with van der Waals surface area (Å²) >= 11 is 7.21. The molecule has 0 saturated heterocycles. The van der Waals surface area contributed by atoms with E-state index < -0.39 is 11.7 Å². The number of rotatable bonds is 5. The van der Waals surface area contributed by atoms with Gasteiger partial charge in [0.25, 0.3) is 5.91 Å². The number of hydrogen-bond acceptors (Lipinski definition) is 4. The third-order valence-electron chi connectivity index (χ3n) is 3.65. The van der Waals surface area contributed by atoms with Crippen LogP contribution in [0.25, 0.3) is 10.6 Å². The van der Waals surface area contributed by atoms with Crippen LogP contribution in [0.15, 0.2) is 53.9 Å². The van der Waals surface area contributed by atoms with Gasteiger partial charge in [0.05, 0.1) is 6.54 Å². The number of anilines is 1. The second kappa shape index (κ2) is 8.28. The molecule has 5 nitrogen and oxygen atoms in total. The average Bonchev–Trinajstić information content (AvgIpc) is 3.11. The third-order valence-corrected chi connectivity index (χ3v) is 4.79. The van der Waals surface area contributed by atoms with Gasteiger partial charge in [0.15, 0.2) is 0 Å². The highest BCUT2D eigenvalue weighted by Gasteiger charge is 2.18. The molecule has 0 spiro atoms. The molecule has 0 bridgehead atoms. The lowest BCUT2D eigenvalue weighted by atomic mass is 10.2. The molecule has 0 atom stereocenters. The number of hydrogen-bond donors (Lipinski definition) is 1. The number of nitrogens with one attached hydrogen (secondary N) is 1. The zero-order valence-electron chi connectivity index (χ0n) is 14.3. The minimum absolute atomic E-state index is 0.177. The Balaban J connectivity index is 1.63. The first-order valence-corrected chi connectivity index (χ1v) is 9.20. The molecule has 138 valence electrons. The molecule has 1 heterocycles. The maximum Gasteiger partial charge on any atom is 0.273 e. The van der Waals surface area contributed by atoms with Gasteiger partial charge in [0.1, 0.15) is 16.5 Å². The predicted molar refractivity (Wildman–Crippen MR) is 105 cm³/mol. The Morgan fingerprint density at radius 2 is 1.96 bits per heavy atom. The van der Waals surface area contributed by atoms with Crippen molar-refractivity contribution < 1.29 is 14.0 Å². The predicted octanol–water partition coefficient (Wildman–Crippen LogP) is 4.31. The number of halogens is 2. The van der Waals surface area contributed by atoms with E-state index in [0.717, 1.165) is 5.56 Å². The highest BCUT2D eigenvalue weighted by atomic mass is 35.5. The van der Waals surface area contributed by atoms with Crippen molar-refractivity contribution in [2.45, 2.75) is 0 Å². The van der Waals surface area contributed by atoms with Gasteiger partial charge in [-0.1, -0.05) is 29.8 Å². The van der Waals surface area contributed by atoms with Crippen molar-refractivity contribution in [3.05, 3.63) is 70.4 Å². The molecule has 0 saturated carbocycles. The van der Waals surface area contributed by atoms with E-state index in [0.29, 0.717) is 15.7 Å². The van der Waals surface area contributed by atoms with Crippen LogP contribution < -0.4 is 5.32 Å². The number of nitrogens with zero attached hydrogens (tertiary/aromatic N) is 2. The Bertz CT molecular complexity index is 975. The van der Waals surface area contributed by atoms with Crippen molar-refractivity contribution in [3.8, 4) is 10.6 Å². The molecule has 2 aromatic carbocycles. The minimum Gasteiger partial charge on any atom is -0.331 e. The van der Waals surface area contributed by atoms with Crippen molar-refractivity contribution in [3.63, 3.8) is 0 Å². The molecule has 3 rings (SSSR count). The van der Waals surface area contributed by atoms with E-state index in [4.69, 9.17) is 11.6 Å². The van der Waals surface area contributed by atoms with Crippen molar-refractivity contribution in [1.29, 1.82) is 0 Å². The first-order chi connectivity index (χ1) is 12.9. The fourth-order valence-corrected chi connectivity index (χ4v) is 3.27. The van der Waals surface area contributed by atoms with Gasteiger partial charge < -0.3 is 10.2 Å². The third kappa shape index (κ3) is 4.90. The van der Waals surface area contributed by atoms with Crippen LogP contribution >= 0.6 is 22.9 Å². The summed E-state index contributed by atoms with van der Waals surface area (Å²) < 4.78 is 13.2. The van der Waals surface area contributed by atoms with E-state index >= 15 is 0 Å². The summed E-state index contributed by atoms with van der Waals surface area (Å²) in [6.45, 7) is -0.177. The van der Waals surface area contributed by atoms with Gasteiger partial charge in [0.2, 0.25) is 5.91 Å². The normalized spacial score (nSPS) is 10.5. The quantitative estimate of drug-likeness (QED) is 0.690. The molecule has 2 amide bonds. The second-order valence-corrected chi connectivity index (χ2v) is 7.06. The van der Waals surface area contributed by atoms with Gasteiger partial charge in [-0.2, -0.15) is 0 Å². The molecule has 3 aromatic rings. The molecule has 1 N–H and O–H groups in total. The Morgan fingerprint density at radius 3 is 2.67 bits per heavy atom. The number of benzene rings is 2. The van der Waals surface area contributed by atoms with Crippen molar-refractivity contribution in [2.75, 3.05) is 18.9 Å². The maximum atomic E-state index is 13.2. The van der Waals surface area contributed by atoms with Crippen molar-refractivity contribution in [2.24, 2.45) is 0 Å². The number of carbonyl (C=O) groups excluding carboxylic acids is 2. The lowest BCUT2D eigenvalue weighted by Crippen LogP contribution is -2.35. The fourth-order valence-electron chi connectivity index (χ4n) is 2.35. The summed E-state index contributed by atoms with van der Waals surface area (Å²) in [5.41, 5.74) is 1.44. The van der Waals surface area contributed by atoms with Gasteiger partial charge in [-0.3, -0.25) is 9.59 Å². The van der Waals surface area contributed by atoms with E-state index in [1.165, 1.54) is 41.5 Å². The molecular formula is C19H15ClFN3O2S. The maximum absolute atomic E-state index is 13.2. The summed E-state index contributed by atoms with van der Waals surface area (Å²) in [5.74, 6) is -1.25. The van der Waals surface area contributed by atoms with Crippen LogP contribution in [-0.4, -0.2) is 35.3 Å². The summed E-state index contributed by atoms with van der Waals surface area (Å²) in [4.78, 5) is 30.2. The molecule has 0 fully saturated rings. The standard InChI is InChI=1S/C19H15ClFN3O2S/c1-24(10-17(25)22-15-4-2-3-14(21)9-15)19(26)16-11-27-18(23-16)12-5-7-13(20)8-6-12/h2-9,11H,10H2,1H3,(H,22,25). The molecule has 8 heteroatoms. The zero-order valence-corrected chi connectivity index (χ0v) is 15.9. The van der Waals surface area contributed by atoms with E-state index in [-0.39, 0.29) is 18.1 Å². The number of thiazole rings is 1. The van der Waals surface area contributed by atoms with E-state index in [2.05, 4.69) is 10.3 Å². The van der Waals surface area contributed by atoms with Crippen LogP contribution in [0.5, 0.6) is 0 Å². The first kappa shape index (κ1) is 19.0. The lowest BCUT2D eigenvalue weighted by Gasteiger charge is -2.15. The number of likely N-dealkylation sites (N-methyl/N-ethyl adjacent to an activating group) is 1. The molecule has 0 aliphatic heterocycles. The Hall–Kier alpha value is -2.77. The summed E-state index contributed by atoms with van der Waals surface area (Å²) in [6, 6.07) is 12.7. The lowest BCUT2D eigenvalue weighted by molar-refractivity contribution is -0.116. The van der Waals surface area contributed by atoms with Crippen LogP contribution in [0.4, 0.5) is 10.1 Å². The summed E-state index contributed by atoms with van der Waals surface area (Å²) in [6.07, 6.45) is 0. The molecular weight excluding hydrogens is 389 g/mol. The SMILES string of the molecule is CN(CC(=O)Nc1cccc(F)c1)C(=O)c1csc(-c2ccc(Cl)cc2)n1. The van der Waals surface area contributed by atoms with Crippen LogP contribution in [0.3, 0.4) is 0 Å². The van der Waals surface area contributed by atoms with Crippen LogP contribution in [-0.2, 0) is 4.79 Å². The van der Waals surface area contributed by atoms with Crippen LogP contribution in [0.1, 0.15) is 10.5 Å². The topological polar surface area (TPSA) is 62.3 Å². The van der Waals surface area contributed by atoms with Gasteiger partial charge in [-0.05, 0) is 30.3 Å². The Kier molecular flexibility index (Phi) is 5.83. The van der Waals surface area contributed by atoms with Crippen LogP contribution in [0, 0.1) is 5.82 Å². The summed E-state index contributed by atoms with van der Waals surface area (Å²) in [7, 11) is 1.51. The largest absolute Gasteiger partial charge is 0.331 e. The molecule has 0 unspecified atom stereocenters. The number of carbonyl (C=O) groups is 2. The molecule has 0 aliphatic carbocycles. The van der Waals surface area contributed by atoms with Gasteiger partial charge in [-0.15, -0.1) is 11.3 Å². The van der Waals surface area contributed by atoms with Gasteiger partial charge in [-0.25, -0.2) is 9.37 Å². The molecule has 27 heavy (non-hydrogen) atoms. The number of aromatic nitrogens is 1. The van der Waals surface area contributed by atoms with E-state index in [1.54, 1.807) is 23.6 Å². The van der Waals surface area contributed by atoms with Gasteiger partial charge in [0, 0.05) is 28.7 Å². The van der Waals surface area contributed by atoms with E-state index in [9.17, 15) is 14.0 Å². The monoisotopic (exact) mass is 403 g/mol. The average molecular weight is 404 g/mol. The fraction of sp³-hybridized carbons (Fsp3) is 0.105. The van der Waals surface area contributed by atoms with Gasteiger partial charge >= 0.3 is 0 Å². The molecule has 1 aromatic heterocycles. The zero-order chi connectivity index (χ0) is 19.4. The number of amides is 2. The van der Waals surface area contributed by atoms with Crippen molar-refractivity contribution in [1.82, 2.24) is 9.88 Å². The Labute approximate surface area is 164 Å². The minimum atomic E-state index is -0.450. The smallest absolute Gasteiger partial charge is 0.273 e. The summed E-state index contributed by atoms with van der Waals surface area (Å²) in [5, 5.41) is 5.51. The molecule has 0 radical (unpaired) electrons. The van der Waals surface area contributed by atoms with E-state index in [1.807, 2.05) is 12.1 Å². The Morgan fingerprint density at radius 1 is 1.22 bits per heavy atom. The first-order valence-electron chi connectivity index (χ1n) is 7.95. The highest BCUT2D eigenvalue weighted by Crippen LogP contribution is 2.25. The molecule has 0 aliphatic rings. The highest BCUT2D eigenvalue weighted by molar-refractivity contribution is 7.13. The second-order valence-electron chi connectivity index (χ2n) is 5.76. The van der Waals surface area contributed by atoms with Crippen molar-refractivity contribution >= 4 is 40.4 Å². The van der Waals surface area contributed by atoms with Crippen LogP contribution in [0.2, 0.25) is 5.02 Å².